The first-order valence-corrected chi connectivity index (χ1v) is 8.39. The molecule has 0 spiro atoms. The predicted molar refractivity (Wildman–Crippen MR) is 92.6 cm³/mol. The molecule has 122 valence electrons. The highest BCUT2D eigenvalue weighted by molar-refractivity contribution is 6.29. The number of aliphatic imine (C=N–C) groups is 1. The van der Waals surface area contributed by atoms with Crippen LogP contribution in [0.3, 0.4) is 0 Å². The summed E-state index contributed by atoms with van der Waals surface area (Å²) in [7, 11) is 1.80. The average Bonchev–Trinajstić information content (AvgIpc) is 3.36. The molecule has 0 aliphatic heterocycles. The van der Waals surface area contributed by atoms with Crippen LogP contribution >= 0.6 is 11.6 Å². The van der Waals surface area contributed by atoms with Gasteiger partial charge in [0.15, 0.2) is 5.96 Å². The van der Waals surface area contributed by atoms with E-state index in [4.69, 9.17) is 11.6 Å². The standard InChI is InChI=1S/C16H26ClN5/c1-3-22(14-5-6-14)11-10-20-16(18-2)19-9-8-13-4-7-15(17)21-12-13/h4,7,12,14H,3,5-6,8-11H2,1-2H3,(H2,18,19,20). The van der Waals surface area contributed by atoms with Gasteiger partial charge in [0.25, 0.3) is 0 Å². The summed E-state index contributed by atoms with van der Waals surface area (Å²) < 4.78 is 0. The second-order valence-electron chi connectivity index (χ2n) is 5.52. The minimum absolute atomic E-state index is 0.533. The summed E-state index contributed by atoms with van der Waals surface area (Å²) in [6, 6.07) is 4.64. The van der Waals surface area contributed by atoms with Crippen LogP contribution in [0, 0.1) is 0 Å². The number of pyridine rings is 1. The van der Waals surface area contributed by atoms with E-state index in [1.54, 1.807) is 7.05 Å². The Morgan fingerprint density at radius 3 is 2.73 bits per heavy atom. The molecule has 0 unspecified atom stereocenters. The maximum Gasteiger partial charge on any atom is 0.191 e. The Morgan fingerprint density at radius 2 is 2.14 bits per heavy atom. The van der Waals surface area contributed by atoms with E-state index >= 15 is 0 Å². The third kappa shape index (κ3) is 5.81. The largest absolute Gasteiger partial charge is 0.356 e. The van der Waals surface area contributed by atoms with Gasteiger partial charge in [0, 0.05) is 38.9 Å². The first kappa shape index (κ1) is 17.0. The van der Waals surface area contributed by atoms with Crippen molar-refractivity contribution in [2.45, 2.75) is 32.2 Å². The molecule has 0 aromatic carbocycles. The third-order valence-corrected chi connectivity index (χ3v) is 4.10. The van der Waals surface area contributed by atoms with Crippen LogP contribution in [0.1, 0.15) is 25.3 Å². The lowest BCUT2D eigenvalue weighted by molar-refractivity contribution is 0.282. The predicted octanol–water partition coefficient (Wildman–Crippen LogP) is 1.93. The molecule has 0 radical (unpaired) electrons. The topological polar surface area (TPSA) is 52.5 Å². The van der Waals surface area contributed by atoms with Gasteiger partial charge in [0.05, 0.1) is 0 Å². The highest BCUT2D eigenvalue weighted by Gasteiger charge is 2.27. The molecule has 1 heterocycles. The molecule has 2 rings (SSSR count). The Hall–Kier alpha value is -1.33. The number of halogens is 1. The van der Waals surface area contributed by atoms with Crippen molar-refractivity contribution >= 4 is 17.6 Å². The molecule has 1 fully saturated rings. The first-order valence-electron chi connectivity index (χ1n) is 8.02. The van der Waals surface area contributed by atoms with Crippen molar-refractivity contribution in [3.8, 4) is 0 Å². The fourth-order valence-corrected chi connectivity index (χ4v) is 2.57. The highest BCUT2D eigenvalue weighted by atomic mass is 35.5. The van der Waals surface area contributed by atoms with E-state index in [9.17, 15) is 0 Å². The monoisotopic (exact) mass is 323 g/mol. The SMILES string of the molecule is CCN(CCNC(=NC)NCCc1ccc(Cl)nc1)C1CC1. The summed E-state index contributed by atoms with van der Waals surface area (Å²) in [5.41, 5.74) is 1.17. The fourth-order valence-electron chi connectivity index (χ4n) is 2.46. The van der Waals surface area contributed by atoms with Crippen molar-refractivity contribution in [3.63, 3.8) is 0 Å². The lowest BCUT2D eigenvalue weighted by atomic mass is 10.2. The number of nitrogens with zero attached hydrogens (tertiary/aromatic N) is 3. The van der Waals surface area contributed by atoms with Gasteiger partial charge < -0.3 is 10.6 Å². The molecule has 0 amide bonds. The normalized spacial score (nSPS) is 15.2. The van der Waals surface area contributed by atoms with Gasteiger partial charge in [-0.25, -0.2) is 4.98 Å². The van der Waals surface area contributed by atoms with E-state index in [2.05, 4.69) is 32.4 Å². The molecule has 6 heteroatoms. The van der Waals surface area contributed by atoms with E-state index in [1.165, 1.54) is 18.4 Å². The number of rotatable bonds is 8. The lowest BCUT2D eigenvalue weighted by Crippen LogP contribution is -2.42. The summed E-state index contributed by atoms with van der Waals surface area (Å²) in [5, 5.41) is 7.23. The smallest absolute Gasteiger partial charge is 0.191 e. The molecule has 22 heavy (non-hydrogen) atoms. The molecular formula is C16H26ClN5. The van der Waals surface area contributed by atoms with E-state index in [-0.39, 0.29) is 0 Å². The van der Waals surface area contributed by atoms with Gasteiger partial charge in [-0.1, -0.05) is 24.6 Å². The molecule has 0 saturated heterocycles. The molecule has 1 saturated carbocycles. The summed E-state index contributed by atoms with van der Waals surface area (Å²) in [6.45, 7) is 6.17. The third-order valence-electron chi connectivity index (χ3n) is 3.88. The quantitative estimate of drug-likeness (QED) is 0.436. The number of guanidine groups is 1. The van der Waals surface area contributed by atoms with Crippen molar-refractivity contribution in [2.24, 2.45) is 4.99 Å². The number of nitrogens with one attached hydrogen (secondary N) is 2. The second kappa shape index (κ2) is 8.96. The number of hydrogen-bond acceptors (Lipinski definition) is 3. The van der Waals surface area contributed by atoms with Gasteiger partial charge in [-0.15, -0.1) is 0 Å². The van der Waals surface area contributed by atoms with Crippen molar-refractivity contribution < 1.29 is 0 Å². The van der Waals surface area contributed by atoms with E-state index in [0.717, 1.165) is 44.6 Å². The van der Waals surface area contributed by atoms with Crippen LogP contribution in [0.4, 0.5) is 0 Å². The van der Waals surface area contributed by atoms with Crippen LogP contribution < -0.4 is 10.6 Å². The maximum atomic E-state index is 5.78. The van der Waals surface area contributed by atoms with E-state index in [1.807, 2.05) is 18.3 Å². The van der Waals surface area contributed by atoms with Crippen molar-refractivity contribution in [1.29, 1.82) is 0 Å². The van der Waals surface area contributed by atoms with Gasteiger partial charge in [0.2, 0.25) is 0 Å². The van der Waals surface area contributed by atoms with E-state index < -0.39 is 0 Å². The fraction of sp³-hybridized carbons (Fsp3) is 0.625. The van der Waals surface area contributed by atoms with Gasteiger partial charge >= 0.3 is 0 Å². The maximum absolute atomic E-state index is 5.78. The summed E-state index contributed by atoms with van der Waals surface area (Å²) >= 11 is 5.78. The second-order valence-corrected chi connectivity index (χ2v) is 5.91. The molecule has 1 aromatic rings. The minimum atomic E-state index is 0.533. The molecule has 1 aromatic heterocycles. The van der Waals surface area contributed by atoms with Crippen molar-refractivity contribution in [1.82, 2.24) is 20.5 Å². The van der Waals surface area contributed by atoms with Crippen molar-refractivity contribution in [3.05, 3.63) is 29.0 Å². The average molecular weight is 324 g/mol. The van der Waals surface area contributed by atoms with Gasteiger partial charge in [-0.05, 0) is 37.4 Å². The van der Waals surface area contributed by atoms with Crippen LogP contribution in [0.25, 0.3) is 0 Å². The Bertz CT molecular complexity index is 470. The molecule has 1 aliphatic carbocycles. The number of likely N-dealkylation sites (N-methyl/N-ethyl adjacent to an activating group) is 1. The van der Waals surface area contributed by atoms with Crippen LogP contribution in [0.2, 0.25) is 5.15 Å². The first-order chi connectivity index (χ1) is 10.7. The summed E-state index contributed by atoms with van der Waals surface area (Å²) in [5.74, 6) is 0.855. The zero-order valence-corrected chi connectivity index (χ0v) is 14.2. The summed E-state index contributed by atoms with van der Waals surface area (Å²) in [4.78, 5) is 10.9. The van der Waals surface area contributed by atoms with Gasteiger partial charge in [-0.3, -0.25) is 9.89 Å². The van der Waals surface area contributed by atoms with Crippen LogP contribution in [0.5, 0.6) is 0 Å². The lowest BCUT2D eigenvalue weighted by Gasteiger charge is -2.20. The summed E-state index contributed by atoms with van der Waals surface area (Å²) in [6.07, 6.45) is 5.43. The zero-order chi connectivity index (χ0) is 15.8. The Labute approximate surface area is 138 Å². The van der Waals surface area contributed by atoms with Crippen LogP contribution in [-0.2, 0) is 6.42 Å². The molecule has 0 atom stereocenters. The molecule has 2 N–H and O–H groups in total. The van der Waals surface area contributed by atoms with Crippen molar-refractivity contribution in [2.75, 3.05) is 33.2 Å². The number of aromatic nitrogens is 1. The molecule has 5 nitrogen and oxygen atoms in total. The van der Waals surface area contributed by atoms with Crippen LogP contribution in [-0.4, -0.2) is 55.1 Å². The molecule has 0 bridgehead atoms. The van der Waals surface area contributed by atoms with E-state index in [0.29, 0.717) is 5.15 Å². The minimum Gasteiger partial charge on any atom is -0.356 e. The Balaban J connectivity index is 1.63. The Morgan fingerprint density at radius 1 is 1.36 bits per heavy atom. The molecular weight excluding hydrogens is 298 g/mol. The number of hydrogen-bond donors (Lipinski definition) is 2. The zero-order valence-electron chi connectivity index (χ0n) is 13.5. The Kier molecular flexibility index (Phi) is 6.93. The van der Waals surface area contributed by atoms with Gasteiger partial charge in [-0.2, -0.15) is 0 Å². The van der Waals surface area contributed by atoms with Gasteiger partial charge in [0.1, 0.15) is 5.15 Å². The molecule has 1 aliphatic rings. The van der Waals surface area contributed by atoms with Crippen LogP contribution in [0.15, 0.2) is 23.3 Å². The highest BCUT2D eigenvalue weighted by Crippen LogP contribution is 2.25.